The molecule has 0 bridgehead atoms. The Bertz CT molecular complexity index is 976. The second kappa shape index (κ2) is 8.64. The van der Waals surface area contributed by atoms with E-state index in [0.717, 1.165) is 38.8 Å². The Hall–Kier alpha value is -2.92. The van der Waals surface area contributed by atoms with Crippen LogP contribution < -0.4 is 10.1 Å². The Morgan fingerprint density at radius 2 is 2.04 bits per heavy atom. The van der Waals surface area contributed by atoms with Crippen molar-refractivity contribution in [1.82, 2.24) is 4.98 Å². The quantitative estimate of drug-likeness (QED) is 0.592. The van der Waals surface area contributed by atoms with E-state index in [1.165, 1.54) is 6.08 Å². The molecule has 1 aromatic heterocycles. The van der Waals surface area contributed by atoms with Crippen LogP contribution in [0.5, 0.6) is 5.75 Å². The van der Waals surface area contributed by atoms with Crippen LogP contribution in [0, 0.1) is 20.8 Å². The van der Waals surface area contributed by atoms with Gasteiger partial charge >= 0.3 is 0 Å². The van der Waals surface area contributed by atoms with Gasteiger partial charge in [-0.1, -0.05) is 24.3 Å². The lowest BCUT2D eigenvalue weighted by atomic mass is 10.1. The highest BCUT2D eigenvalue weighted by molar-refractivity contribution is 7.09. The first-order chi connectivity index (χ1) is 13.0. The summed E-state index contributed by atoms with van der Waals surface area (Å²) < 4.78 is 5.79. The van der Waals surface area contributed by atoms with Gasteiger partial charge in [-0.3, -0.25) is 4.79 Å². The van der Waals surface area contributed by atoms with Gasteiger partial charge < -0.3 is 10.1 Å². The molecular formula is C22H22N2O2S. The molecule has 1 N–H and O–H groups in total. The molecule has 3 rings (SSSR count). The molecule has 0 aliphatic rings. The number of ether oxygens (including phenoxy) is 1. The lowest BCUT2D eigenvalue weighted by Gasteiger charge is -2.07. The Kier molecular flexibility index (Phi) is 6.04. The van der Waals surface area contributed by atoms with Crippen molar-refractivity contribution in [3.63, 3.8) is 0 Å². The SMILES string of the molecule is Cc1ccc(C)c(NC(=O)/C=C/c2cccc(OCc3csc(C)n3)c2)c1. The number of aromatic nitrogens is 1. The second-order valence-corrected chi connectivity index (χ2v) is 7.42. The van der Waals surface area contributed by atoms with E-state index in [1.54, 1.807) is 17.4 Å². The highest BCUT2D eigenvalue weighted by Crippen LogP contribution is 2.18. The monoisotopic (exact) mass is 378 g/mol. The number of hydrogen-bond acceptors (Lipinski definition) is 4. The maximum Gasteiger partial charge on any atom is 0.248 e. The Labute approximate surface area is 163 Å². The molecule has 4 nitrogen and oxygen atoms in total. The van der Waals surface area contributed by atoms with Crippen molar-refractivity contribution in [2.24, 2.45) is 0 Å². The van der Waals surface area contributed by atoms with Crippen LogP contribution in [0.3, 0.4) is 0 Å². The summed E-state index contributed by atoms with van der Waals surface area (Å²) in [6.07, 6.45) is 3.31. The molecule has 1 amide bonds. The number of carbonyl (C=O) groups excluding carboxylic acids is 1. The number of carbonyl (C=O) groups is 1. The fourth-order valence-corrected chi connectivity index (χ4v) is 3.15. The molecule has 2 aromatic carbocycles. The van der Waals surface area contributed by atoms with Gasteiger partial charge in [0.1, 0.15) is 12.4 Å². The van der Waals surface area contributed by atoms with Crippen molar-refractivity contribution in [1.29, 1.82) is 0 Å². The Balaban J connectivity index is 1.61. The summed E-state index contributed by atoms with van der Waals surface area (Å²) in [4.78, 5) is 16.6. The molecule has 0 saturated carbocycles. The molecule has 0 saturated heterocycles. The number of amides is 1. The molecule has 0 fully saturated rings. The maximum absolute atomic E-state index is 12.2. The van der Waals surface area contributed by atoms with Crippen LogP contribution >= 0.6 is 11.3 Å². The van der Waals surface area contributed by atoms with E-state index >= 15 is 0 Å². The summed E-state index contributed by atoms with van der Waals surface area (Å²) in [6, 6.07) is 13.6. The number of rotatable bonds is 6. The van der Waals surface area contributed by atoms with E-state index in [4.69, 9.17) is 4.74 Å². The summed E-state index contributed by atoms with van der Waals surface area (Å²) in [5.74, 6) is 0.589. The van der Waals surface area contributed by atoms with Gasteiger partial charge in [-0.05, 0) is 61.7 Å². The molecule has 0 aliphatic heterocycles. The average molecular weight is 378 g/mol. The minimum Gasteiger partial charge on any atom is -0.487 e. The number of nitrogens with zero attached hydrogens (tertiary/aromatic N) is 1. The summed E-state index contributed by atoms with van der Waals surface area (Å²) >= 11 is 1.61. The van der Waals surface area contributed by atoms with Gasteiger partial charge in [0, 0.05) is 17.1 Å². The molecule has 0 unspecified atom stereocenters. The zero-order valence-electron chi connectivity index (χ0n) is 15.7. The standard InChI is InChI=1S/C22H22N2O2S/c1-15-7-8-16(2)21(11-15)24-22(25)10-9-18-5-4-6-20(12-18)26-13-19-14-27-17(3)23-19/h4-12,14H,13H2,1-3H3,(H,24,25)/b10-9+. The minimum atomic E-state index is -0.159. The number of nitrogens with one attached hydrogen (secondary N) is 1. The average Bonchev–Trinajstić information content (AvgIpc) is 3.07. The molecule has 0 radical (unpaired) electrons. The normalized spacial score (nSPS) is 10.9. The zero-order valence-corrected chi connectivity index (χ0v) is 16.5. The molecule has 5 heteroatoms. The third kappa shape index (κ3) is 5.53. The van der Waals surface area contributed by atoms with Gasteiger partial charge in [0.25, 0.3) is 0 Å². The second-order valence-electron chi connectivity index (χ2n) is 6.36. The number of aryl methyl sites for hydroxylation is 3. The van der Waals surface area contributed by atoms with E-state index < -0.39 is 0 Å². The lowest BCUT2D eigenvalue weighted by Crippen LogP contribution is -2.09. The predicted molar refractivity (Wildman–Crippen MR) is 111 cm³/mol. The van der Waals surface area contributed by atoms with E-state index in [-0.39, 0.29) is 5.91 Å². The third-order valence-electron chi connectivity index (χ3n) is 3.99. The largest absolute Gasteiger partial charge is 0.487 e. The van der Waals surface area contributed by atoms with Crippen molar-refractivity contribution < 1.29 is 9.53 Å². The van der Waals surface area contributed by atoms with Gasteiger partial charge in [-0.25, -0.2) is 4.98 Å². The summed E-state index contributed by atoms with van der Waals surface area (Å²) in [5, 5.41) is 5.95. The first-order valence-electron chi connectivity index (χ1n) is 8.70. The smallest absolute Gasteiger partial charge is 0.248 e. The first-order valence-corrected chi connectivity index (χ1v) is 9.58. The van der Waals surface area contributed by atoms with Gasteiger partial charge in [0.05, 0.1) is 10.7 Å². The predicted octanol–water partition coefficient (Wildman–Crippen LogP) is 5.30. The molecular weight excluding hydrogens is 356 g/mol. The highest BCUT2D eigenvalue weighted by Gasteiger charge is 2.03. The summed E-state index contributed by atoms with van der Waals surface area (Å²) in [5.41, 5.74) is 4.81. The number of hydrogen-bond donors (Lipinski definition) is 1. The molecule has 0 atom stereocenters. The Morgan fingerprint density at radius 1 is 1.19 bits per heavy atom. The van der Waals surface area contributed by atoms with Crippen LogP contribution in [0.15, 0.2) is 53.9 Å². The van der Waals surface area contributed by atoms with E-state index in [0.29, 0.717) is 6.61 Å². The van der Waals surface area contributed by atoms with E-state index in [9.17, 15) is 4.79 Å². The van der Waals surface area contributed by atoms with Crippen molar-refractivity contribution in [3.05, 3.63) is 81.3 Å². The van der Waals surface area contributed by atoms with Crippen molar-refractivity contribution >= 4 is 29.0 Å². The minimum absolute atomic E-state index is 0.159. The molecule has 0 aliphatic carbocycles. The third-order valence-corrected chi connectivity index (χ3v) is 4.81. The summed E-state index contributed by atoms with van der Waals surface area (Å²) in [6.45, 7) is 6.39. The van der Waals surface area contributed by atoms with Crippen molar-refractivity contribution in [3.8, 4) is 5.75 Å². The van der Waals surface area contributed by atoms with E-state index in [2.05, 4.69) is 10.3 Å². The molecule has 27 heavy (non-hydrogen) atoms. The van der Waals surface area contributed by atoms with Gasteiger partial charge in [0.2, 0.25) is 5.91 Å². The van der Waals surface area contributed by atoms with E-state index in [1.807, 2.05) is 68.6 Å². The first kappa shape index (κ1) is 18.9. The Morgan fingerprint density at radius 3 is 2.81 bits per heavy atom. The van der Waals surface area contributed by atoms with Crippen LogP contribution in [0.25, 0.3) is 6.08 Å². The molecule has 3 aromatic rings. The van der Waals surface area contributed by atoms with Gasteiger partial charge in [0.15, 0.2) is 0 Å². The molecule has 0 spiro atoms. The molecule has 138 valence electrons. The van der Waals surface area contributed by atoms with Crippen LogP contribution in [0.1, 0.15) is 27.4 Å². The van der Waals surface area contributed by atoms with Crippen LogP contribution in [0.2, 0.25) is 0 Å². The highest BCUT2D eigenvalue weighted by atomic mass is 32.1. The fourth-order valence-electron chi connectivity index (χ4n) is 2.56. The van der Waals surface area contributed by atoms with Gasteiger partial charge in [-0.15, -0.1) is 11.3 Å². The number of thiazole rings is 1. The van der Waals surface area contributed by atoms with Crippen LogP contribution in [0.4, 0.5) is 5.69 Å². The van der Waals surface area contributed by atoms with Crippen LogP contribution in [-0.2, 0) is 11.4 Å². The van der Waals surface area contributed by atoms with Crippen molar-refractivity contribution in [2.45, 2.75) is 27.4 Å². The topological polar surface area (TPSA) is 51.2 Å². The lowest BCUT2D eigenvalue weighted by molar-refractivity contribution is -0.111. The molecule has 1 heterocycles. The fraction of sp³-hybridized carbons (Fsp3) is 0.182. The maximum atomic E-state index is 12.2. The zero-order chi connectivity index (χ0) is 19.2. The number of benzene rings is 2. The van der Waals surface area contributed by atoms with Crippen molar-refractivity contribution in [2.75, 3.05) is 5.32 Å². The number of anilines is 1. The van der Waals surface area contributed by atoms with Gasteiger partial charge in [-0.2, -0.15) is 0 Å². The van der Waals surface area contributed by atoms with Crippen LogP contribution in [-0.4, -0.2) is 10.9 Å². The summed E-state index contributed by atoms with van der Waals surface area (Å²) in [7, 11) is 0.